The molecule has 0 aliphatic rings. The SMILES string of the molecule is CC(C)CNC(=O)/C(=C\c1ccccc1)c1ccccc1. The van der Waals surface area contributed by atoms with E-state index in [1.807, 2.05) is 66.7 Å². The Labute approximate surface area is 126 Å². The molecular formula is C19H21NO. The van der Waals surface area contributed by atoms with Crippen molar-refractivity contribution in [3.05, 3.63) is 71.8 Å². The Kier molecular flexibility index (Phi) is 5.33. The molecule has 1 amide bonds. The molecule has 108 valence electrons. The predicted molar refractivity (Wildman–Crippen MR) is 88.6 cm³/mol. The maximum atomic E-state index is 12.5. The van der Waals surface area contributed by atoms with Gasteiger partial charge in [0.05, 0.1) is 0 Å². The van der Waals surface area contributed by atoms with Gasteiger partial charge in [0.1, 0.15) is 0 Å². The Bertz CT molecular complexity index is 600. The van der Waals surface area contributed by atoms with E-state index >= 15 is 0 Å². The highest BCUT2D eigenvalue weighted by Crippen LogP contribution is 2.18. The van der Waals surface area contributed by atoms with Gasteiger partial charge in [0.25, 0.3) is 5.91 Å². The van der Waals surface area contributed by atoms with Gasteiger partial charge < -0.3 is 5.32 Å². The molecule has 0 unspecified atom stereocenters. The summed E-state index contributed by atoms with van der Waals surface area (Å²) < 4.78 is 0. The molecule has 2 aromatic carbocycles. The lowest BCUT2D eigenvalue weighted by Crippen LogP contribution is -2.28. The van der Waals surface area contributed by atoms with E-state index in [-0.39, 0.29) is 5.91 Å². The van der Waals surface area contributed by atoms with Crippen LogP contribution in [0.25, 0.3) is 11.6 Å². The molecule has 1 N–H and O–H groups in total. The average Bonchev–Trinajstić information content (AvgIpc) is 2.52. The molecule has 0 aromatic heterocycles. The summed E-state index contributed by atoms with van der Waals surface area (Å²) in [6.45, 7) is 4.85. The summed E-state index contributed by atoms with van der Waals surface area (Å²) in [5.41, 5.74) is 2.65. The summed E-state index contributed by atoms with van der Waals surface area (Å²) in [6.07, 6.45) is 1.94. The Hall–Kier alpha value is -2.35. The number of hydrogen-bond donors (Lipinski definition) is 1. The van der Waals surface area contributed by atoms with Crippen LogP contribution in [0.15, 0.2) is 60.7 Å². The van der Waals surface area contributed by atoms with Crippen LogP contribution in [0.3, 0.4) is 0 Å². The molecule has 0 spiro atoms. The van der Waals surface area contributed by atoms with Crippen LogP contribution in [-0.4, -0.2) is 12.5 Å². The summed E-state index contributed by atoms with van der Waals surface area (Å²) in [7, 11) is 0. The lowest BCUT2D eigenvalue weighted by molar-refractivity contribution is -0.115. The zero-order valence-corrected chi connectivity index (χ0v) is 12.5. The van der Waals surface area contributed by atoms with Crippen molar-refractivity contribution >= 4 is 17.6 Å². The number of rotatable bonds is 5. The second kappa shape index (κ2) is 7.44. The van der Waals surface area contributed by atoms with Crippen molar-refractivity contribution < 1.29 is 4.79 Å². The number of amides is 1. The van der Waals surface area contributed by atoms with Crippen LogP contribution in [-0.2, 0) is 4.79 Å². The van der Waals surface area contributed by atoms with Gasteiger partial charge in [-0.3, -0.25) is 4.79 Å². The van der Waals surface area contributed by atoms with Gasteiger partial charge in [0, 0.05) is 12.1 Å². The second-order valence-corrected chi connectivity index (χ2v) is 5.44. The smallest absolute Gasteiger partial charge is 0.251 e. The number of hydrogen-bond acceptors (Lipinski definition) is 1. The van der Waals surface area contributed by atoms with Crippen LogP contribution in [0, 0.1) is 5.92 Å². The topological polar surface area (TPSA) is 29.1 Å². The minimum absolute atomic E-state index is 0.0289. The highest BCUT2D eigenvalue weighted by atomic mass is 16.1. The van der Waals surface area contributed by atoms with E-state index in [9.17, 15) is 4.79 Å². The van der Waals surface area contributed by atoms with Crippen molar-refractivity contribution in [3.8, 4) is 0 Å². The number of carbonyl (C=O) groups is 1. The molecule has 0 radical (unpaired) electrons. The molecule has 2 rings (SSSR count). The molecule has 21 heavy (non-hydrogen) atoms. The lowest BCUT2D eigenvalue weighted by atomic mass is 10.0. The van der Waals surface area contributed by atoms with Gasteiger partial charge in [-0.1, -0.05) is 74.5 Å². The normalized spacial score (nSPS) is 11.5. The van der Waals surface area contributed by atoms with Crippen molar-refractivity contribution in [2.75, 3.05) is 6.54 Å². The summed E-state index contributed by atoms with van der Waals surface area (Å²) in [4.78, 5) is 12.5. The molecule has 2 aromatic rings. The van der Waals surface area contributed by atoms with Gasteiger partial charge in [-0.15, -0.1) is 0 Å². The standard InChI is InChI=1S/C19H21NO/c1-15(2)14-20-19(21)18(17-11-7-4-8-12-17)13-16-9-5-3-6-10-16/h3-13,15H,14H2,1-2H3,(H,20,21)/b18-13-. The first kappa shape index (κ1) is 15.0. The Morgan fingerprint density at radius 3 is 2.14 bits per heavy atom. The molecule has 0 aliphatic carbocycles. The van der Waals surface area contributed by atoms with Gasteiger partial charge in [-0.2, -0.15) is 0 Å². The van der Waals surface area contributed by atoms with Crippen molar-refractivity contribution in [2.24, 2.45) is 5.92 Å². The zero-order chi connectivity index (χ0) is 15.1. The second-order valence-electron chi connectivity index (χ2n) is 5.44. The largest absolute Gasteiger partial charge is 0.352 e. The van der Waals surface area contributed by atoms with Crippen molar-refractivity contribution in [1.29, 1.82) is 0 Å². The quantitative estimate of drug-likeness (QED) is 0.650. The van der Waals surface area contributed by atoms with Gasteiger partial charge in [-0.25, -0.2) is 0 Å². The van der Waals surface area contributed by atoms with E-state index in [1.165, 1.54) is 0 Å². The van der Waals surface area contributed by atoms with E-state index in [1.54, 1.807) is 0 Å². The summed E-state index contributed by atoms with van der Waals surface area (Å²) in [5, 5.41) is 2.99. The average molecular weight is 279 g/mol. The van der Waals surface area contributed by atoms with Crippen LogP contribution < -0.4 is 5.32 Å². The van der Waals surface area contributed by atoms with Crippen LogP contribution in [0.5, 0.6) is 0 Å². The summed E-state index contributed by atoms with van der Waals surface area (Å²) in [6, 6.07) is 19.7. The fraction of sp³-hybridized carbons (Fsp3) is 0.211. The maximum absolute atomic E-state index is 12.5. The first-order valence-corrected chi connectivity index (χ1v) is 7.27. The van der Waals surface area contributed by atoms with E-state index in [2.05, 4.69) is 19.2 Å². The first-order chi connectivity index (χ1) is 10.2. The monoisotopic (exact) mass is 279 g/mol. The molecule has 0 saturated heterocycles. The third kappa shape index (κ3) is 4.60. The van der Waals surface area contributed by atoms with Gasteiger partial charge in [-0.05, 0) is 23.1 Å². The summed E-state index contributed by atoms with van der Waals surface area (Å²) >= 11 is 0. The van der Waals surface area contributed by atoms with Crippen molar-refractivity contribution in [2.45, 2.75) is 13.8 Å². The van der Waals surface area contributed by atoms with Gasteiger partial charge in [0.15, 0.2) is 0 Å². The molecule has 0 heterocycles. The summed E-state index contributed by atoms with van der Waals surface area (Å²) in [5.74, 6) is 0.404. The zero-order valence-electron chi connectivity index (χ0n) is 12.5. The molecule has 0 atom stereocenters. The molecule has 0 bridgehead atoms. The minimum atomic E-state index is -0.0289. The van der Waals surface area contributed by atoms with E-state index in [0.29, 0.717) is 18.0 Å². The highest BCUT2D eigenvalue weighted by Gasteiger charge is 2.12. The van der Waals surface area contributed by atoms with Crippen molar-refractivity contribution in [3.63, 3.8) is 0 Å². The Balaban J connectivity index is 2.31. The number of carbonyl (C=O) groups excluding carboxylic acids is 1. The Morgan fingerprint density at radius 2 is 1.57 bits per heavy atom. The molecule has 0 saturated carbocycles. The van der Waals surface area contributed by atoms with Crippen LogP contribution >= 0.6 is 0 Å². The van der Waals surface area contributed by atoms with Crippen LogP contribution in [0.4, 0.5) is 0 Å². The van der Waals surface area contributed by atoms with Crippen LogP contribution in [0.1, 0.15) is 25.0 Å². The number of nitrogens with one attached hydrogen (secondary N) is 1. The molecule has 2 nitrogen and oxygen atoms in total. The number of benzene rings is 2. The third-order valence-electron chi connectivity index (χ3n) is 3.11. The van der Waals surface area contributed by atoms with Crippen LogP contribution in [0.2, 0.25) is 0 Å². The molecule has 0 fully saturated rings. The molecule has 0 aliphatic heterocycles. The third-order valence-corrected chi connectivity index (χ3v) is 3.11. The van der Waals surface area contributed by atoms with Gasteiger partial charge >= 0.3 is 0 Å². The van der Waals surface area contributed by atoms with E-state index < -0.39 is 0 Å². The van der Waals surface area contributed by atoms with E-state index in [0.717, 1.165) is 11.1 Å². The Morgan fingerprint density at radius 1 is 1.00 bits per heavy atom. The minimum Gasteiger partial charge on any atom is -0.352 e. The predicted octanol–water partition coefficient (Wildman–Crippen LogP) is 4.00. The highest BCUT2D eigenvalue weighted by molar-refractivity contribution is 6.24. The van der Waals surface area contributed by atoms with Crippen molar-refractivity contribution in [1.82, 2.24) is 5.32 Å². The lowest BCUT2D eigenvalue weighted by Gasteiger charge is -2.11. The first-order valence-electron chi connectivity index (χ1n) is 7.27. The van der Waals surface area contributed by atoms with Gasteiger partial charge in [0.2, 0.25) is 0 Å². The maximum Gasteiger partial charge on any atom is 0.251 e. The fourth-order valence-electron chi connectivity index (χ4n) is 2.01. The molecular weight excluding hydrogens is 258 g/mol. The fourth-order valence-corrected chi connectivity index (χ4v) is 2.01. The molecule has 2 heteroatoms. The van der Waals surface area contributed by atoms with E-state index in [4.69, 9.17) is 0 Å².